The summed E-state index contributed by atoms with van der Waals surface area (Å²) in [5.74, 6) is -0.0208. The summed E-state index contributed by atoms with van der Waals surface area (Å²) in [5, 5.41) is 8.67. The Balaban J connectivity index is 2.48. The molecule has 0 aliphatic rings. The molecule has 0 aliphatic heterocycles. The molecule has 0 aliphatic carbocycles. The first-order chi connectivity index (χ1) is 8.91. The zero-order valence-electron chi connectivity index (χ0n) is 9.44. The number of hydrogen-bond acceptors (Lipinski definition) is 4. The second-order valence-electron chi connectivity index (χ2n) is 3.68. The maximum Gasteiger partial charge on any atom is 0.416 e. The first kappa shape index (κ1) is 12.8. The number of rotatable bonds is 1. The third-order valence-electron chi connectivity index (χ3n) is 2.39. The van der Waals surface area contributed by atoms with Crippen LogP contribution in [0, 0.1) is 11.3 Å². The molecule has 2 rings (SSSR count). The Morgan fingerprint density at radius 1 is 1.26 bits per heavy atom. The van der Waals surface area contributed by atoms with Crippen molar-refractivity contribution in [2.45, 2.75) is 6.18 Å². The van der Waals surface area contributed by atoms with Gasteiger partial charge in [-0.05, 0) is 12.1 Å². The van der Waals surface area contributed by atoms with Crippen LogP contribution < -0.4 is 5.73 Å². The van der Waals surface area contributed by atoms with Crippen molar-refractivity contribution in [3.05, 3.63) is 41.6 Å². The van der Waals surface area contributed by atoms with Gasteiger partial charge in [0.25, 0.3) is 0 Å². The van der Waals surface area contributed by atoms with Gasteiger partial charge in [0.05, 0.1) is 11.8 Å². The molecule has 0 saturated carbocycles. The SMILES string of the molecule is N#Cc1cnc(-c2cccc(C(F)(F)F)c2)nc1N. The van der Waals surface area contributed by atoms with Crippen molar-refractivity contribution in [3.8, 4) is 17.5 Å². The van der Waals surface area contributed by atoms with Crippen molar-refractivity contribution in [2.24, 2.45) is 0 Å². The molecular weight excluding hydrogens is 257 g/mol. The van der Waals surface area contributed by atoms with Crippen LogP contribution in [0.3, 0.4) is 0 Å². The summed E-state index contributed by atoms with van der Waals surface area (Å²) in [6.07, 6.45) is -3.26. The van der Waals surface area contributed by atoms with E-state index in [0.717, 1.165) is 12.1 Å². The lowest BCUT2D eigenvalue weighted by molar-refractivity contribution is -0.137. The summed E-state index contributed by atoms with van der Waals surface area (Å²) in [5.41, 5.74) is 4.97. The molecule has 0 amide bonds. The molecule has 2 aromatic rings. The molecule has 1 heterocycles. The van der Waals surface area contributed by atoms with Crippen LogP contribution in [0.1, 0.15) is 11.1 Å². The van der Waals surface area contributed by atoms with E-state index < -0.39 is 11.7 Å². The molecule has 19 heavy (non-hydrogen) atoms. The molecule has 0 bridgehead atoms. The summed E-state index contributed by atoms with van der Waals surface area (Å²) in [6, 6.07) is 6.37. The Morgan fingerprint density at radius 2 is 2.00 bits per heavy atom. The minimum absolute atomic E-state index is 0.0441. The van der Waals surface area contributed by atoms with E-state index in [9.17, 15) is 13.2 Å². The van der Waals surface area contributed by atoms with Gasteiger partial charge in [-0.15, -0.1) is 0 Å². The van der Waals surface area contributed by atoms with E-state index in [-0.39, 0.29) is 22.8 Å². The highest BCUT2D eigenvalue weighted by Gasteiger charge is 2.30. The van der Waals surface area contributed by atoms with Gasteiger partial charge in [0.15, 0.2) is 5.82 Å². The van der Waals surface area contributed by atoms with E-state index >= 15 is 0 Å². The predicted molar refractivity (Wildman–Crippen MR) is 61.6 cm³/mol. The number of aromatic nitrogens is 2. The third kappa shape index (κ3) is 2.63. The minimum atomic E-state index is -4.44. The smallest absolute Gasteiger partial charge is 0.382 e. The quantitative estimate of drug-likeness (QED) is 0.859. The van der Waals surface area contributed by atoms with Gasteiger partial charge in [0.2, 0.25) is 0 Å². The number of nitrogen functional groups attached to an aromatic ring is 1. The number of nitrogens with zero attached hydrogens (tertiary/aromatic N) is 3. The topological polar surface area (TPSA) is 75.6 Å². The molecule has 96 valence electrons. The van der Waals surface area contributed by atoms with Crippen molar-refractivity contribution in [1.82, 2.24) is 9.97 Å². The number of benzene rings is 1. The monoisotopic (exact) mass is 264 g/mol. The fourth-order valence-corrected chi connectivity index (χ4v) is 1.45. The van der Waals surface area contributed by atoms with Crippen LogP contribution in [-0.2, 0) is 6.18 Å². The Hall–Kier alpha value is -2.62. The molecule has 7 heteroatoms. The van der Waals surface area contributed by atoms with Crippen LogP contribution in [0.2, 0.25) is 0 Å². The molecule has 1 aromatic heterocycles. The second-order valence-corrected chi connectivity index (χ2v) is 3.68. The highest BCUT2D eigenvalue weighted by molar-refractivity contribution is 5.60. The van der Waals surface area contributed by atoms with Crippen molar-refractivity contribution in [1.29, 1.82) is 5.26 Å². The van der Waals surface area contributed by atoms with Crippen molar-refractivity contribution in [3.63, 3.8) is 0 Å². The van der Waals surface area contributed by atoms with Crippen LogP contribution in [0.25, 0.3) is 11.4 Å². The first-order valence-electron chi connectivity index (χ1n) is 5.12. The standard InChI is InChI=1S/C12H7F3N4/c13-12(14,15)9-3-1-2-7(4-9)11-18-6-8(5-16)10(17)19-11/h1-4,6H,(H2,17,18,19). The van der Waals surface area contributed by atoms with Gasteiger partial charge < -0.3 is 5.73 Å². The molecular formula is C12H7F3N4. The zero-order valence-corrected chi connectivity index (χ0v) is 9.44. The van der Waals surface area contributed by atoms with Crippen LogP contribution in [0.5, 0.6) is 0 Å². The Kier molecular flexibility index (Phi) is 3.09. The summed E-state index contributed by atoms with van der Waals surface area (Å²) in [6.45, 7) is 0. The lowest BCUT2D eigenvalue weighted by atomic mass is 10.1. The average molecular weight is 264 g/mol. The largest absolute Gasteiger partial charge is 0.416 e. The predicted octanol–water partition coefficient (Wildman–Crippen LogP) is 2.62. The normalized spacial score (nSPS) is 11.1. The van der Waals surface area contributed by atoms with Gasteiger partial charge in [-0.2, -0.15) is 18.4 Å². The highest BCUT2D eigenvalue weighted by Crippen LogP contribution is 2.31. The Morgan fingerprint density at radius 3 is 2.58 bits per heavy atom. The Bertz CT molecular complexity index is 659. The van der Waals surface area contributed by atoms with Gasteiger partial charge in [-0.25, -0.2) is 9.97 Å². The van der Waals surface area contributed by atoms with Crippen LogP contribution in [0.15, 0.2) is 30.5 Å². The van der Waals surface area contributed by atoms with E-state index in [2.05, 4.69) is 9.97 Å². The van der Waals surface area contributed by atoms with Crippen LogP contribution in [-0.4, -0.2) is 9.97 Å². The lowest BCUT2D eigenvalue weighted by Gasteiger charge is -2.08. The van der Waals surface area contributed by atoms with Gasteiger partial charge in [0.1, 0.15) is 17.5 Å². The first-order valence-corrected chi connectivity index (χ1v) is 5.12. The van der Waals surface area contributed by atoms with Crippen LogP contribution >= 0.6 is 0 Å². The molecule has 0 radical (unpaired) electrons. The number of hydrogen-bond donors (Lipinski definition) is 1. The van der Waals surface area contributed by atoms with Crippen molar-refractivity contribution < 1.29 is 13.2 Å². The molecule has 0 fully saturated rings. The number of halogens is 3. The zero-order chi connectivity index (χ0) is 14.0. The molecule has 0 atom stereocenters. The van der Waals surface area contributed by atoms with Gasteiger partial charge in [-0.1, -0.05) is 12.1 Å². The molecule has 0 spiro atoms. The van der Waals surface area contributed by atoms with Gasteiger partial charge in [0, 0.05) is 5.56 Å². The highest BCUT2D eigenvalue weighted by atomic mass is 19.4. The number of nitriles is 1. The van der Waals surface area contributed by atoms with Gasteiger partial charge in [-0.3, -0.25) is 0 Å². The molecule has 0 unspecified atom stereocenters. The summed E-state index contributed by atoms with van der Waals surface area (Å²) < 4.78 is 37.7. The fourth-order valence-electron chi connectivity index (χ4n) is 1.45. The van der Waals surface area contributed by atoms with Crippen LogP contribution in [0.4, 0.5) is 19.0 Å². The van der Waals surface area contributed by atoms with Gasteiger partial charge >= 0.3 is 6.18 Å². The molecule has 4 nitrogen and oxygen atoms in total. The van der Waals surface area contributed by atoms with Crippen molar-refractivity contribution in [2.75, 3.05) is 5.73 Å². The minimum Gasteiger partial charge on any atom is -0.382 e. The third-order valence-corrected chi connectivity index (χ3v) is 2.39. The molecule has 0 saturated heterocycles. The fraction of sp³-hybridized carbons (Fsp3) is 0.0833. The number of nitrogens with two attached hydrogens (primary N) is 1. The maximum atomic E-state index is 12.6. The lowest BCUT2D eigenvalue weighted by Crippen LogP contribution is -2.05. The maximum absolute atomic E-state index is 12.6. The van der Waals surface area contributed by atoms with E-state index in [0.29, 0.717) is 0 Å². The number of alkyl halides is 3. The summed E-state index contributed by atoms with van der Waals surface area (Å²) >= 11 is 0. The molecule has 1 aromatic carbocycles. The van der Waals surface area contributed by atoms with E-state index in [4.69, 9.17) is 11.0 Å². The second kappa shape index (κ2) is 4.57. The van der Waals surface area contributed by atoms with E-state index in [1.165, 1.54) is 18.3 Å². The summed E-state index contributed by atoms with van der Waals surface area (Å²) in [7, 11) is 0. The Labute approximate surface area is 106 Å². The number of anilines is 1. The summed E-state index contributed by atoms with van der Waals surface area (Å²) in [4.78, 5) is 7.64. The van der Waals surface area contributed by atoms with E-state index in [1.54, 1.807) is 6.07 Å². The average Bonchev–Trinajstić information content (AvgIpc) is 2.38. The van der Waals surface area contributed by atoms with Crippen molar-refractivity contribution >= 4 is 5.82 Å². The van der Waals surface area contributed by atoms with E-state index in [1.807, 2.05) is 0 Å². The molecule has 2 N–H and O–H groups in total.